The number of rotatable bonds is 2. The van der Waals surface area contributed by atoms with Gasteiger partial charge in [0.25, 0.3) is 5.56 Å². The lowest BCUT2D eigenvalue weighted by atomic mass is 10.2. The van der Waals surface area contributed by atoms with Gasteiger partial charge in [0, 0.05) is 12.7 Å². The number of hydrogen-bond donors (Lipinski definition) is 1. The highest BCUT2D eigenvalue weighted by molar-refractivity contribution is 7.90. The summed E-state index contributed by atoms with van der Waals surface area (Å²) in [5, 5.41) is 0.296. The fraction of sp³-hybridized carbons (Fsp3) is 0.273. The normalized spacial score (nSPS) is 11.9. The molecule has 17 heavy (non-hydrogen) atoms. The van der Waals surface area contributed by atoms with Gasteiger partial charge >= 0.3 is 0 Å². The summed E-state index contributed by atoms with van der Waals surface area (Å²) in [5.74, 6) is 0.592. The molecule has 1 N–H and O–H groups in total. The second-order valence-corrected chi connectivity index (χ2v) is 5.83. The van der Waals surface area contributed by atoms with Gasteiger partial charge in [-0.25, -0.2) is 13.4 Å². The lowest BCUT2D eigenvalue weighted by molar-refractivity contribution is 0.602. The monoisotopic (exact) mass is 252 g/mol. The highest BCUT2D eigenvalue weighted by Gasteiger charge is 2.10. The van der Waals surface area contributed by atoms with Crippen molar-refractivity contribution in [1.82, 2.24) is 9.97 Å². The minimum absolute atomic E-state index is 0.126. The van der Waals surface area contributed by atoms with Crippen LogP contribution >= 0.6 is 0 Å². The molecule has 2 rings (SSSR count). The van der Waals surface area contributed by atoms with Crippen LogP contribution in [0.2, 0.25) is 0 Å². The summed E-state index contributed by atoms with van der Waals surface area (Å²) in [4.78, 5) is 18.7. The van der Waals surface area contributed by atoms with Crippen molar-refractivity contribution in [3.05, 3.63) is 34.4 Å². The summed E-state index contributed by atoms with van der Waals surface area (Å²) in [5.41, 5.74) is 0.204. The molecule has 0 aliphatic rings. The molecule has 6 heteroatoms. The van der Waals surface area contributed by atoms with Crippen LogP contribution < -0.4 is 5.56 Å². The zero-order valence-corrected chi connectivity index (χ0v) is 10.3. The molecule has 0 bridgehead atoms. The lowest BCUT2D eigenvalue weighted by Crippen LogP contribution is -2.12. The maximum absolute atomic E-state index is 11.7. The lowest BCUT2D eigenvalue weighted by Gasteiger charge is -2.02. The van der Waals surface area contributed by atoms with Crippen molar-refractivity contribution in [2.75, 3.05) is 6.26 Å². The van der Waals surface area contributed by atoms with Gasteiger partial charge in [0.2, 0.25) is 0 Å². The summed E-state index contributed by atoms with van der Waals surface area (Å²) in [6.07, 6.45) is 1.73. The average Bonchev–Trinajstić information content (AvgIpc) is 2.27. The number of benzene rings is 1. The molecule has 0 aliphatic carbocycles. The van der Waals surface area contributed by atoms with E-state index in [1.807, 2.05) is 6.92 Å². The summed E-state index contributed by atoms with van der Waals surface area (Å²) in [6.45, 7) is 1.88. The van der Waals surface area contributed by atoms with Crippen LogP contribution in [0.5, 0.6) is 0 Å². The molecular weight excluding hydrogens is 240 g/mol. The largest absolute Gasteiger partial charge is 0.310 e. The summed E-state index contributed by atoms with van der Waals surface area (Å²) in [6, 6.07) is 4.37. The Morgan fingerprint density at radius 2 is 2.06 bits per heavy atom. The number of fused-ring (bicyclic) bond motifs is 1. The first-order chi connectivity index (χ1) is 7.91. The highest BCUT2D eigenvalue weighted by atomic mass is 32.2. The number of aromatic amines is 1. The minimum Gasteiger partial charge on any atom is -0.310 e. The van der Waals surface area contributed by atoms with E-state index in [-0.39, 0.29) is 10.5 Å². The maximum atomic E-state index is 11.7. The second kappa shape index (κ2) is 3.96. The van der Waals surface area contributed by atoms with Crippen LogP contribution in [0.25, 0.3) is 10.9 Å². The third-order valence-electron chi connectivity index (χ3n) is 2.49. The second-order valence-electron chi connectivity index (χ2n) is 3.82. The molecule has 0 unspecified atom stereocenters. The van der Waals surface area contributed by atoms with E-state index >= 15 is 0 Å². The molecule has 0 aliphatic heterocycles. The molecule has 90 valence electrons. The Bertz CT molecular complexity index is 732. The van der Waals surface area contributed by atoms with Gasteiger partial charge in [0.05, 0.1) is 15.8 Å². The van der Waals surface area contributed by atoms with E-state index in [0.717, 1.165) is 6.26 Å². The van der Waals surface area contributed by atoms with Gasteiger partial charge in [0.15, 0.2) is 9.84 Å². The molecule has 0 amide bonds. The van der Waals surface area contributed by atoms with E-state index in [0.29, 0.717) is 23.1 Å². The van der Waals surface area contributed by atoms with Gasteiger partial charge in [-0.2, -0.15) is 0 Å². The van der Waals surface area contributed by atoms with Gasteiger partial charge in [-0.3, -0.25) is 4.79 Å². The number of hydrogen-bond acceptors (Lipinski definition) is 4. The zero-order valence-electron chi connectivity index (χ0n) is 9.52. The summed E-state index contributed by atoms with van der Waals surface area (Å²) >= 11 is 0. The van der Waals surface area contributed by atoms with E-state index in [1.165, 1.54) is 12.1 Å². The summed E-state index contributed by atoms with van der Waals surface area (Å²) < 4.78 is 22.8. The Hall–Kier alpha value is -1.69. The van der Waals surface area contributed by atoms with Crippen LogP contribution in [0.15, 0.2) is 27.9 Å². The van der Waals surface area contributed by atoms with Gasteiger partial charge in [-0.15, -0.1) is 0 Å². The number of sulfone groups is 1. The van der Waals surface area contributed by atoms with E-state index in [9.17, 15) is 13.2 Å². The molecule has 1 heterocycles. The van der Waals surface area contributed by atoms with Gasteiger partial charge in [0.1, 0.15) is 5.82 Å². The molecule has 5 nitrogen and oxygen atoms in total. The Labute approximate surface area is 98.4 Å². The third kappa shape index (κ3) is 2.21. The molecular formula is C11H12N2O3S. The predicted molar refractivity (Wildman–Crippen MR) is 64.9 cm³/mol. The predicted octanol–water partition coefficient (Wildman–Crippen LogP) is 0.889. The standard InChI is InChI=1S/C11H12N2O3S/c1-3-10-12-9-5-4-7(17(2,15)16)6-8(9)11(14)13-10/h4-6H,3H2,1-2H3,(H,12,13,14). The Kier molecular flexibility index (Phi) is 2.74. The third-order valence-corrected chi connectivity index (χ3v) is 3.60. The first-order valence-corrected chi connectivity index (χ1v) is 7.04. The maximum Gasteiger partial charge on any atom is 0.258 e. The van der Waals surface area contributed by atoms with Crippen molar-refractivity contribution in [2.45, 2.75) is 18.2 Å². The quantitative estimate of drug-likeness (QED) is 0.860. The summed E-state index contributed by atoms with van der Waals surface area (Å²) in [7, 11) is -3.31. The molecule has 0 saturated heterocycles. The number of aryl methyl sites for hydroxylation is 1. The van der Waals surface area contributed by atoms with Crippen molar-refractivity contribution in [1.29, 1.82) is 0 Å². The van der Waals surface area contributed by atoms with Crippen LogP contribution in [0.4, 0.5) is 0 Å². The Balaban J connectivity index is 2.80. The topological polar surface area (TPSA) is 79.9 Å². The van der Waals surface area contributed by atoms with E-state index in [2.05, 4.69) is 9.97 Å². The van der Waals surface area contributed by atoms with Crippen LogP contribution in [-0.4, -0.2) is 24.6 Å². The number of aromatic nitrogens is 2. The van der Waals surface area contributed by atoms with Crippen molar-refractivity contribution in [2.24, 2.45) is 0 Å². The van der Waals surface area contributed by atoms with Crippen molar-refractivity contribution in [3.63, 3.8) is 0 Å². The van der Waals surface area contributed by atoms with Crippen LogP contribution in [0.3, 0.4) is 0 Å². The van der Waals surface area contributed by atoms with E-state index in [1.54, 1.807) is 6.07 Å². The van der Waals surface area contributed by atoms with Crippen molar-refractivity contribution < 1.29 is 8.42 Å². The number of nitrogens with zero attached hydrogens (tertiary/aromatic N) is 1. The van der Waals surface area contributed by atoms with Gasteiger partial charge in [-0.05, 0) is 18.2 Å². The smallest absolute Gasteiger partial charge is 0.258 e. The van der Waals surface area contributed by atoms with Crippen molar-refractivity contribution >= 4 is 20.7 Å². The molecule has 2 aromatic rings. The molecule has 0 radical (unpaired) electrons. The van der Waals surface area contributed by atoms with Crippen molar-refractivity contribution in [3.8, 4) is 0 Å². The van der Waals surface area contributed by atoms with Gasteiger partial charge in [-0.1, -0.05) is 6.92 Å². The van der Waals surface area contributed by atoms with Crippen LogP contribution in [0, 0.1) is 0 Å². The van der Waals surface area contributed by atoms with Crippen LogP contribution in [-0.2, 0) is 16.3 Å². The SMILES string of the molecule is CCc1nc2ccc(S(C)(=O)=O)cc2c(=O)[nH]1. The van der Waals surface area contributed by atoms with Crippen LogP contribution in [0.1, 0.15) is 12.7 Å². The molecule has 1 aromatic heterocycles. The molecule has 0 atom stereocenters. The Morgan fingerprint density at radius 1 is 1.35 bits per heavy atom. The van der Waals surface area contributed by atoms with E-state index < -0.39 is 9.84 Å². The molecule has 0 spiro atoms. The highest BCUT2D eigenvalue weighted by Crippen LogP contribution is 2.14. The molecule has 0 fully saturated rings. The average molecular weight is 252 g/mol. The fourth-order valence-electron chi connectivity index (χ4n) is 1.56. The number of nitrogens with one attached hydrogen (secondary N) is 1. The fourth-order valence-corrected chi connectivity index (χ4v) is 2.21. The minimum atomic E-state index is -3.31. The first-order valence-electron chi connectivity index (χ1n) is 5.15. The first kappa shape index (κ1) is 11.8. The zero-order chi connectivity index (χ0) is 12.6. The van der Waals surface area contributed by atoms with Gasteiger partial charge < -0.3 is 4.98 Å². The number of H-pyrrole nitrogens is 1. The Morgan fingerprint density at radius 3 is 2.65 bits per heavy atom. The molecule has 1 aromatic carbocycles. The molecule has 0 saturated carbocycles. The van der Waals surface area contributed by atoms with E-state index in [4.69, 9.17) is 0 Å².